The number of aliphatic hydroxyl groups excluding tert-OH is 1. The minimum absolute atomic E-state index is 0.265. The Bertz CT molecular complexity index is 472. The van der Waals surface area contributed by atoms with Crippen molar-refractivity contribution in [3.8, 4) is 0 Å². The third kappa shape index (κ3) is 13.8. The van der Waals surface area contributed by atoms with Gasteiger partial charge in [0.15, 0.2) is 0 Å². The predicted octanol–water partition coefficient (Wildman–Crippen LogP) is 7.08. The summed E-state index contributed by atoms with van der Waals surface area (Å²) in [5, 5.41) is 10.1. The van der Waals surface area contributed by atoms with E-state index in [-0.39, 0.29) is 12.1 Å². The molecule has 1 N–H and O–H groups in total. The van der Waals surface area contributed by atoms with Gasteiger partial charge in [-0.25, -0.2) is 4.79 Å². The van der Waals surface area contributed by atoms with Crippen molar-refractivity contribution in [2.24, 2.45) is 0 Å². The molecule has 1 atom stereocenters. The Kier molecular flexibility index (Phi) is 15.6. The van der Waals surface area contributed by atoms with Crippen molar-refractivity contribution in [1.82, 2.24) is 0 Å². The number of ether oxygens (including phenoxy) is 1. The fraction of sp³-hybridized carbons (Fsp3) is 0.720. The van der Waals surface area contributed by atoms with Crippen molar-refractivity contribution in [3.63, 3.8) is 0 Å². The molecular weight excluding hydrogens is 348 g/mol. The minimum Gasteiger partial charge on any atom is -0.462 e. The Morgan fingerprint density at radius 2 is 1.29 bits per heavy atom. The van der Waals surface area contributed by atoms with Gasteiger partial charge in [0.1, 0.15) is 0 Å². The maximum atomic E-state index is 11.8. The van der Waals surface area contributed by atoms with E-state index in [0.717, 1.165) is 19.3 Å². The number of benzene rings is 1. The first-order chi connectivity index (χ1) is 13.7. The molecular formula is C25H42O3. The van der Waals surface area contributed by atoms with Gasteiger partial charge in [-0.3, -0.25) is 0 Å². The minimum atomic E-state index is -0.281. The Morgan fingerprint density at radius 1 is 0.786 bits per heavy atom. The van der Waals surface area contributed by atoms with Crippen LogP contribution < -0.4 is 0 Å². The SMILES string of the molecule is CCCCCCCCCCCCCCC(O)CCCOC(=O)c1ccccc1. The lowest BCUT2D eigenvalue weighted by atomic mass is 10.0. The quantitative estimate of drug-likeness (QED) is 0.215. The molecule has 1 unspecified atom stereocenters. The molecule has 0 aliphatic carbocycles. The van der Waals surface area contributed by atoms with Gasteiger partial charge in [-0.2, -0.15) is 0 Å². The van der Waals surface area contributed by atoms with Gasteiger partial charge in [0.05, 0.1) is 18.3 Å². The summed E-state index contributed by atoms with van der Waals surface area (Å²) in [6.07, 6.45) is 18.1. The van der Waals surface area contributed by atoms with Gasteiger partial charge in [-0.15, -0.1) is 0 Å². The molecule has 0 saturated carbocycles. The first-order valence-electron chi connectivity index (χ1n) is 11.6. The summed E-state index contributed by atoms with van der Waals surface area (Å²) in [6, 6.07) is 9.04. The van der Waals surface area contributed by atoms with Gasteiger partial charge in [-0.05, 0) is 31.4 Å². The van der Waals surface area contributed by atoms with E-state index in [2.05, 4.69) is 6.92 Å². The summed E-state index contributed by atoms with van der Waals surface area (Å²) in [5.41, 5.74) is 0.583. The fourth-order valence-corrected chi connectivity index (χ4v) is 3.51. The van der Waals surface area contributed by atoms with Crippen LogP contribution in [0.1, 0.15) is 114 Å². The van der Waals surface area contributed by atoms with E-state index >= 15 is 0 Å². The van der Waals surface area contributed by atoms with E-state index in [4.69, 9.17) is 4.74 Å². The zero-order valence-electron chi connectivity index (χ0n) is 18.0. The maximum Gasteiger partial charge on any atom is 0.338 e. The third-order valence-electron chi connectivity index (χ3n) is 5.32. The van der Waals surface area contributed by atoms with E-state index in [1.54, 1.807) is 12.1 Å². The molecule has 0 saturated heterocycles. The lowest BCUT2D eigenvalue weighted by molar-refractivity contribution is 0.0474. The third-order valence-corrected chi connectivity index (χ3v) is 5.32. The van der Waals surface area contributed by atoms with E-state index < -0.39 is 0 Å². The molecule has 0 aliphatic heterocycles. The molecule has 1 aromatic carbocycles. The molecule has 0 amide bonds. The average molecular weight is 391 g/mol. The second-order valence-corrected chi connectivity index (χ2v) is 7.98. The maximum absolute atomic E-state index is 11.8. The summed E-state index contributed by atoms with van der Waals surface area (Å²) in [4.78, 5) is 11.8. The Balaban J connectivity index is 1.84. The van der Waals surface area contributed by atoms with Crippen LogP contribution in [0.5, 0.6) is 0 Å². The molecule has 3 nitrogen and oxygen atoms in total. The summed E-state index contributed by atoms with van der Waals surface area (Å²) in [6.45, 7) is 2.64. The molecule has 160 valence electrons. The van der Waals surface area contributed by atoms with Gasteiger partial charge in [0, 0.05) is 0 Å². The summed E-state index contributed by atoms with van der Waals surface area (Å²) < 4.78 is 5.25. The van der Waals surface area contributed by atoms with Gasteiger partial charge in [0.2, 0.25) is 0 Å². The molecule has 0 radical (unpaired) electrons. The molecule has 0 fully saturated rings. The van der Waals surface area contributed by atoms with Gasteiger partial charge >= 0.3 is 5.97 Å². The van der Waals surface area contributed by atoms with Gasteiger partial charge in [0.25, 0.3) is 0 Å². The number of carbonyl (C=O) groups is 1. The largest absolute Gasteiger partial charge is 0.462 e. The number of esters is 1. The zero-order chi connectivity index (χ0) is 20.3. The average Bonchev–Trinajstić information content (AvgIpc) is 2.72. The van der Waals surface area contributed by atoms with Crippen molar-refractivity contribution in [2.45, 2.75) is 109 Å². The molecule has 0 aliphatic rings. The first-order valence-corrected chi connectivity index (χ1v) is 11.6. The molecule has 0 spiro atoms. The summed E-state index contributed by atoms with van der Waals surface area (Å²) in [5.74, 6) is -0.281. The number of unbranched alkanes of at least 4 members (excludes halogenated alkanes) is 11. The standard InChI is InChI=1S/C25H42O3/c1-2-3-4-5-6-7-8-9-10-11-12-16-20-24(26)21-17-22-28-25(27)23-18-14-13-15-19-23/h13-15,18-19,24,26H,2-12,16-17,20-22H2,1H3. The van der Waals surface area contributed by atoms with Crippen LogP contribution in [0.2, 0.25) is 0 Å². The van der Waals surface area contributed by atoms with Crippen LogP contribution in [0, 0.1) is 0 Å². The molecule has 1 rings (SSSR count). The van der Waals surface area contributed by atoms with Crippen molar-refractivity contribution in [1.29, 1.82) is 0 Å². The monoisotopic (exact) mass is 390 g/mol. The molecule has 0 bridgehead atoms. The molecule has 0 heterocycles. The molecule has 1 aromatic rings. The molecule has 3 heteroatoms. The van der Waals surface area contributed by atoms with Gasteiger partial charge in [-0.1, -0.05) is 102 Å². The Labute approximate surface area is 172 Å². The first kappa shape index (κ1) is 24.7. The number of hydrogen-bond donors (Lipinski definition) is 1. The van der Waals surface area contributed by atoms with E-state index in [1.165, 1.54) is 70.6 Å². The summed E-state index contributed by atoms with van der Waals surface area (Å²) in [7, 11) is 0. The highest BCUT2D eigenvalue weighted by Crippen LogP contribution is 2.14. The Morgan fingerprint density at radius 3 is 1.86 bits per heavy atom. The number of hydrogen-bond acceptors (Lipinski definition) is 3. The van der Waals surface area contributed by atoms with Crippen molar-refractivity contribution < 1.29 is 14.6 Å². The normalized spacial score (nSPS) is 12.1. The van der Waals surface area contributed by atoms with Crippen LogP contribution >= 0.6 is 0 Å². The second kappa shape index (κ2) is 17.7. The van der Waals surface area contributed by atoms with Gasteiger partial charge < -0.3 is 9.84 Å². The molecule has 28 heavy (non-hydrogen) atoms. The number of carbonyl (C=O) groups excluding carboxylic acids is 1. The molecule has 0 aromatic heterocycles. The highest BCUT2D eigenvalue weighted by Gasteiger charge is 2.07. The van der Waals surface area contributed by atoms with E-state index in [1.807, 2.05) is 18.2 Å². The number of rotatable bonds is 18. The smallest absolute Gasteiger partial charge is 0.338 e. The summed E-state index contributed by atoms with van der Waals surface area (Å²) >= 11 is 0. The van der Waals surface area contributed by atoms with Crippen molar-refractivity contribution >= 4 is 5.97 Å². The number of aliphatic hydroxyl groups is 1. The van der Waals surface area contributed by atoms with E-state index in [9.17, 15) is 9.90 Å². The van der Waals surface area contributed by atoms with Crippen LogP contribution in [0.25, 0.3) is 0 Å². The van der Waals surface area contributed by atoms with Crippen molar-refractivity contribution in [3.05, 3.63) is 35.9 Å². The lowest BCUT2D eigenvalue weighted by Crippen LogP contribution is -2.10. The van der Waals surface area contributed by atoms with Crippen LogP contribution in [-0.2, 0) is 4.74 Å². The Hall–Kier alpha value is -1.35. The topological polar surface area (TPSA) is 46.5 Å². The lowest BCUT2D eigenvalue weighted by Gasteiger charge is -2.10. The predicted molar refractivity (Wildman–Crippen MR) is 118 cm³/mol. The second-order valence-electron chi connectivity index (χ2n) is 7.98. The van der Waals surface area contributed by atoms with Crippen LogP contribution in [0.4, 0.5) is 0 Å². The van der Waals surface area contributed by atoms with Crippen LogP contribution in [0.15, 0.2) is 30.3 Å². The van der Waals surface area contributed by atoms with Crippen molar-refractivity contribution in [2.75, 3.05) is 6.61 Å². The fourth-order valence-electron chi connectivity index (χ4n) is 3.51. The highest BCUT2D eigenvalue weighted by atomic mass is 16.5. The zero-order valence-corrected chi connectivity index (χ0v) is 18.0. The van der Waals surface area contributed by atoms with Crippen LogP contribution in [0.3, 0.4) is 0 Å². The van der Waals surface area contributed by atoms with E-state index in [0.29, 0.717) is 18.6 Å². The van der Waals surface area contributed by atoms with Crippen LogP contribution in [-0.4, -0.2) is 23.8 Å². The highest BCUT2D eigenvalue weighted by molar-refractivity contribution is 5.89.